The summed E-state index contributed by atoms with van der Waals surface area (Å²) in [7, 11) is -0.0779. The SMILES string of the molecule is COc1ccc(OC)c([S+](C)(=O)O)c1. The van der Waals surface area contributed by atoms with Crippen LogP contribution < -0.4 is 9.47 Å². The van der Waals surface area contributed by atoms with Crippen molar-refractivity contribution in [3.63, 3.8) is 0 Å². The lowest BCUT2D eigenvalue weighted by Gasteiger charge is -2.06. The molecule has 0 saturated carbocycles. The third kappa shape index (κ3) is 2.24. The van der Waals surface area contributed by atoms with Crippen LogP contribution in [0.3, 0.4) is 0 Å². The highest BCUT2D eigenvalue weighted by Crippen LogP contribution is 2.30. The lowest BCUT2D eigenvalue weighted by atomic mass is 10.3. The van der Waals surface area contributed by atoms with Crippen LogP contribution in [0.4, 0.5) is 0 Å². The average molecular weight is 217 g/mol. The van der Waals surface area contributed by atoms with Crippen LogP contribution in [0, 0.1) is 0 Å². The van der Waals surface area contributed by atoms with E-state index in [1.54, 1.807) is 12.1 Å². The van der Waals surface area contributed by atoms with Gasteiger partial charge >= 0.3 is 0 Å². The monoisotopic (exact) mass is 217 g/mol. The smallest absolute Gasteiger partial charge is 0.248 e. The van der Waals surface area contributed by atoms with E-state index in [4.69, 9.17) is 9.47 Å². The molecule has 14 heavy (non-hydrogen) atoms. The Bertz CT molecular complexity index is 369. The Balaban J connectivity index is 3.29. The van der Waals surface area contributed by atoms with E-state index in [9.17, 15) is 8.76 Å². The van der Waals surface area contributed by atoms with Gasteiger partial charge in [0.25, 0.3) is 0 Å². The quantitative estimate of drug-likeness (QED) is 0.782. The second-order valence-corrected chi connectivity index (χ2v) is 4.86. The third-order valence-corrected chi connectivity index (χ3v) is 2.91. The highest BCUT2D eigenvalue weighted by molar-refractivity contribution is 7.97. The van der Waals surface area contributed by atoms with Crippen LogP contribution in [0.1, 0.15) is 0 Å². The van der Waals surface area contributed by atoms with E-state index in [1.807, 2.05) is 0 Å². The van der Waals surface area contributed by atoms with E-state index < -0.39 is 10.2 Å². The Kier molecular flexibility index (Phi) is 3.13. The van der Waals surface area contributed by atoms with Crippen molar-refractivity contribution in [1.82, 2.24) is 0 Å². The summed E-state index contributed by atoms with van der Waals surface area (Å²) in [4.78, 5) is 0.249. The van der Waals surface area contributed by atoms with Crippen molar-refractivity contribution in [3.05, 3.63) is 18.2 Å². The fourth-order valence-electron chi connectivity index (χ4n) is 1.08. The van der Waals surface area contributed by atoms with Gasteiger partial charge in [-0.2, -0.15) is 4.55 Å². The van der Waals surface area contributed by atoms with Gasteiger partial charge in [0.2, 0.25) is 15.1 Å². The van der Waals surface area contributed by atoms with E-state index in [2.05, 4.69) is 0 Å². The van der Waals surface area contributed by atoms with E-state index in [-0.39, 0.29) is 4.90 Å². The van der Waals surface area contributed by atoms with Crippen molar-refractivity contribution in [1.29, 1.82) is 0 Å². The molecule has 1 atom stereocenters. The zero-order valence-electron chi connectivity index (χ0n) is 8.31. The number of rotatable bonds is 3. The van der Waals surface area contributed by atoms with Gasteiger partial charge in [-0.3, -0.25) is 0 Å². The molecule has 0 amide bonds. The molecule has 0 heterocycles. The first-order chi connectivity index (χ1) is 6.49. The largest absolute Gasteiger partial charge is 0.497 e. The van der Waals surface area contributed by atoms with Gasteiger partial charge in [-0.1, -0.05) is 4.21 Å². The summed E-state index contributed by atoms with van der Waals surface area (Å²) in [6.45, 7) is 0. The van der Waals surface area contributed by atoms with Gasteiger partial charge < -0.3 is 9.47 Å². The molecule has 0 aliphatic heterocycles. The molecule has 0 saturated heterocycles. The molecular formula is C9H13O4S+. The Morgan fingerprint density at radius 3 is 2.36 bits per heavy atom. The highest BCUT2D eigenvalue weighted by atomic mass is 32.3. The molecule has 1 rings (SSSR count). The van der Waals surface area contributed by atoms with Crippen molar-refractivity contribution in [3.8, 4) is 11.5 Å². The molecule has 78 valence electrons. The molecule has 5 heteroatoms. The molecule has 0 aliphatic carbocycles. The topological polar surface area (TPSA) is 55.8 Å². The summed E-state index contributed by atoms with van der Waals surface area (Å²) in [5.74, 6) is 0.922. The van der Waals surface area contributed by atoms with Crippen molar-refractivity contribution >= 4 is 10.2 Å². The standard InChI is InChI=1S/C9H12O4S/c1-12-7-4-5-8(13-2)9(6-7)14(3,10)11/h4-6H,1-3H3/p+1. The van der Waals surface area contributed by atoms with Crippen LogP contribution in [0.2, 0.25) is 0 Å². The molecule has 1 aromatic rings. The van der Waals surface area contributed by atoms with Crippen molar-refractivity contribution in [2.75, 3.05) is 20.5 Å². The maximum Gasteiger partial charge on any atom is 0.248 e. The summed E-state index contributed by atoms with van der Waals surface area (Å²) in [6.07, 6.45) is 1.24. The first-order valence-corrected chi connectivity index (χ1v) is 5.85. The van der Waals surface area contributed by atoms with E-state index >= 15 is 0 Å². The van der Waals surface area contributed by atoms with Crippen LogP contribution >= 0.6 is 0 Å². The second-order valence-electron chi connectivity index (χ2n) is 2.82. The lowest BCUT2D eigenvalue weighted by molar-refractivity contribution is 0.389. The summed E-state index contributed by atoms with van der Waals surface area (Å²) < 4.78 is 30.8. The fourth-order valence-corrected chi connectivity index (χ4v) is 1.94. The van der Waals surface area contributed by atoms with Gasteiger partial charge in [0.1, 0.15) is 12.0 Å². The van der Waals surface area contributed by atoms with Gasteiger partial charge in [0, 0.05) is 6.07 Å². The van der Waals surface area contributed by atoms with Gasteiger partial charge in [0.05, 0.1) is 14.2 Å². The maximum absolute atomic E-state index is 11.5. The zero-order valence-corrected chi connectivity index (χ0v) is 9.13. The molecule has 1 aromatic carbocycles. The molecule has 1 unspecified atom stereocenters. The Morgan fingerprint density at radius 2 is 1.93 bits per heavy atom. The first-order valence-electron chi connectivity index (χ1n) is 3.92. The molecule has 0 aromatic heterocycles. The predicted octanol–water partition coefficient (Wildman–Crippen LogP) is 1.67. The zero-order chi connectivity index (χ0) is 10.8. The number of ether oxygens (including phenoxy) is 2. The molecule has 0 radical (unpaired) electrons. The summed E-state index contributed by atoms with van der Waals surface area (Å²) in [6, 6.07) is 4.78. The van der Waals surface area contributed by atoms with Crippen LogP contribution in [0.25, 0.3) is 0 Å². The van der Waals surface area contributed by atoms with E-state index in [0.29, 0.717) is 11.5 Å². The maximum atomic E-state index is 11.5. The second kappa shape index (κ2) is 3.98. The molecule has 0 fully saturated rings. The van der Waals surface area contributed by atoms with Gasteiger partial charge in [0.15, 0.2) is 5.75 Å². The number of methoxy groups -OCH3 is 2. The first kappa shape index (κ1) is 11.0. The summed E-state index contributed by atoms with van der Waals surface area (Å²) in [5.41, 5.74) is 0. The van der Waals surface area contributed by atoms with Gasteiger partial charge in [-0.15, -0.1) is 0 Å². The molecule has 4 nitrogen and oxygen atoms in total. The number of hydrogen-bond donors (Lipinski definition) is 1. The summed E-state index contributed by atoms with van der Waals surface area (Å²) >= 11 is 0. The Labute approximate surface area is 84.1 Å². The minimum atomic E-state index is -3.03. The van der Waals surface area contributed by atoms with Crippen LogP contribution in [-0.2, 0) is 14.4 Å². The van der Waals surface area contributed by atoms with Gasteiger partial charge in [-0.25, -0.2) is 0 Å². The number of hydrogen-bond acceptors (Lipinski definition) is 3. The lowest BCUT2D eigenvalue weighted by Crippen LogP contribution is -2.08. The molecular weight excluding hydrogens is 204 g/mol. The normalized spacial score (nSPS) is 14.6. The van der Waals surface area contributed by atoms with Gasteiger partial charge in [-0.05, 0) is 12.1 Å². The Hall–Kier alpha value is -1.07. The van der Waals surface area contributed by atoms with E-state index in [1.165, 1.54) is 26.5 Å². The molecule has 0 bridgehead atoms. The van der Waals surface area contributed by atoms with Crippen LogP contribution in [-0.4, -0.2) is 25.0 Å². The third-order valence-electron chi connectivity index (χ3n) is 1.78. The van der Waals surface area contributed by atoms with E-state index in [0.717, 1.165) is 0 Å². The van der Waals surface area contributed by atoms with Crippen LogP contribution in [0.5, 0.6) is 11.5 Å². The molecule has 0 aliphatic rings. The van der Waals surface area contributed by atoms with Crippen LogP contribution in [0.15, 0.2) is 23.1 Å². The minimum absolute atomic E-state index is 0.249. The Morgan fingerprint density at radius 1 is 1.29 bits per heavy atom. The van der Waals surface area contributed by atoms with Crippen molar-refractivity contribution < 1.29 is 18.2 Å². The molecule has 0 spiro atoms. The summed E-state index contributed by atoms with van der Waals surface area (Å²) in [5, 5.41) is 0. The van der Waals surface area contributed by atoms with Crippen molar-refractivity contribution in [2.45, 2.75) is 4.90 Å². The fraction of sp³-hybridized carbons (Fsp3) is 0.333. The number of benzene rings is 1. The predicted molar refractivity (Wildman–Crippen MR) is 54.4 cm³/mol. The highest BCUT2D eigenvalue weighted by Gasteiger charge is 2.27. The minimum Gasteiger partial charge on any atom is -0.497 e. The van der Waals surface area contributed by atoms with Crippen molar-refractivity contribution in [2.24, 2.45) is 0 Å². The molecule has 1 N–H and O–H groups in total. The average Bonchev–Trinajstić information content (AvgIpc) is 2.15.